The van der Waals surface area contributed by atoms with Crippen LogP contribution in [0.5, 0.6) is 0 Å². The van der Waals surface area contributed by atoms with Crippen LogP contribution in [-0.4, -0.2) is 29.1 Å². The lowest BCUT2D eigenvalue weighted by atomic mass is 9.77. The summed E-state index contributed by atoms with van der Waals surface area (Å²) >= 11 is 0. The number of carboxylic acid groups (broad SMARTS) is 1. The van der Waals surface area contributed by atoms with E-state index >= 15 is 0 Å². The molecular weight excluding hydrogens is 246 g/mol. The second kappa shape index (κ2) is 5.84. The lowest BCUT2D eigenvalue weighted by molar-refractivity contribution is -0.152. The van der Waals surface area contributed by atoms with Gasteiger partial charge in [-0.1, -0.05) is 30.3 Å². The molecule has 102 valence electrons. The van der Waals surface area contributed by atoms with Crippen molar-refractivity contribution < 1.29 is 19.4 Å². The highest BCUT2D eigenvalue weighted by Gasteiger charge is 2.45. The van der Waals surface area contributed by atoms with E-state index in [-0.39, 0.29) is 12.5 Å². The molecule has 0 bridgehead atoms. The Morgan fingerprint density at radius 1 is 1.26 bits per heavy atom. The molecule has 0 unspecified atom stereocenters. The van der Waals surface area contributed by atoms with Crippen LogP contribution in [0.4, 0.5) is 0 Å². The Labute approximate surface area is 111 Å². The molecular formula is C14H17NO4. The number of benzene rings is 1. The molecule has 0 atom stereocenters. The molecule has 0 spiro atoms. The van der Waals surface area contributed by atoms with Crippen LogP contribution in [0.1, 0.15) is 24.8 Å². The summed E-state index contributed by atoms with van der Waals surface area (Å²) in [7, 11) is 0. The van der Waals surface area contributed by atoms with Crippen molar-refractivity contribution in [3.8, 4) is 0 Å². The van der Waals surface area contributed by atoms with Crippen molar-refractivity contribution in [3.63, 3.8) is 0 Å². The first-order valence-electron chi connectivity index (χ1n) is 6.28. The summed E-state index contributed by atoms with van der Waals surface area (Å²) in [5.74, 6) is -1.34. The third kappa shape index (κ3) is 3.32. The van der Waals surface area contributed by atoms with Crippen LogP contribution in [0.25, 0.3) is 0 Å². The summed E-state index contributed by atoms with van der Waals surface area (Å²) in [6, 6.07) is 9.51. The summed E-state index contributed by atoms with van der Waals surface area (Å²) in [6.45, 7) is 0.220. The number of carboxylic acids is 1. The molecule has 2 rings (SSSR count). The van der Waals surface area contributed by atoms with Crippen molar-refractivity contribution in [1.29, 1.82) is 0 Å². The quantitative estimate of drug-likeness (QED) is 0.811. The summed E-state index contributed by atoms with van der Waals surface area (Å²) in [6.07, 6.45) is 1.82. The van der Waals surface area contributed by atoms with Crippen molar-refractivity contribution in [3.05, 3.63) is 35.9 Å². The van der Waals surface area contributed by atoms with Crippen molar-refractivity contribution in [1.82, 2.24) is 5.32 Å². The normalized spacial score (nSPS) is 16.4. The highest BCUT2D eigenvalue weighted by molar-refractivity contribution is 5.88. The fourth-order valence-corrected chi connectivity index (χ4v) is 2.06. The second-order valence-electron chi connectivity index (χ2n) is 4.77. The van der Waals surface area contributed by atoms with Crippen LogP contribution >= 0.6 is 0 Å². The van der Waals surface area contributed by atoms with E-state index in [9.17, 15) is 9.59 Å². The molecule has 1 saturated carbocycles. The summed E-state index contributed by atoms with van der Waals surface area (Å²) < 4.78 is 5.27. The lowest BCUT2D eigenvalue weighted by Gasteiger charge is -2.38. The Hall–Kier alpha value is -1.88. The molecule has 1 aliphatic carbocycles. The molecule has 0 saturated heterocycles. The number of hydrogen-bond donors (Lipinski definition) is 2. The minimum Gasteiger partial charge on any atom is -0.480 e. The van der Waals surface area contributed by atoms with E-state index in [0.717, 1.165) is 12.0 Å². The molecule has 1 aromatic rings. The van der Waals surface area contributed by atoms with E-state index < -0.39 is 11.5 Å². The van der Waals surface area contributed by atoms with Gasteiger partial charge in [0.05, 0.1) is 6.61 Å². The number of rotatable bonds is 6. The van der Waals surface area contributed by atoms with Crippen LogP contribution in [0.15, 0.2) is 30.3 Å². The van der Waals surface area contributed by atoms with Gasteiger partial charge in [-0.25, -0.2) is 4.79 Å². The number of ether oxygens (including phenoxy) is 1. The highest BCUT2D eigenvalue weighted by atomic mass is 16.5. The maximum atomic E-state index is 11.6. The minimum atomic E-state index is -1.06. The van der Waals surface area contributed by atoms with Gasteiger partial charge >= 0.3 is 5.97 Å². The summed E-state index contributed by atoms with van der Waals surface area (Å²) in [5, 5.41) is 11.6. The van der Waals surface area contributed by atoms with Crippen LogP contribution in [0, 0.1) is 0 Å². The van der Waals surface area contributed by atoms with E-state index in [1.807, 2.05) is 30.3 Å². The van der Waals surface area contributed by atoms with Gasteiger partial charge in [0, 0.05) is 0 Å². The molecule has 1 aromatic carbocycles. The predicted octanol–water partition coefficient (Wildman–Crippen LogP) is 1.33. The van der Waals surface area contributed by atoms with Gasteiger partial charge in [-0.3, -0.25) is 4.79 Å². The Bertz CT molecular complexity index is 454. The van der Waals surface area contributed by atoms with E-state index in [2.05, 4.69) is 5.32 Å². The number of amides is 1. The number of nitrogens with one attached hydrogen (secondary N) is 1. The van der Waals surface area contributed by atoms with Gasteiger partial charge in [0.2, 0.25) is 5.91 Å². The third-order valence-electron chi connectivity index (χ3n) is 3.34. The molecule has 5 heteroatoms. The molecule has 0 heterocycles. The highest BCUT2D eigenvalue weighted by Crippen LogP contribution is 2.31. The first-order valence-corrected chi connectivity index (χ1v) is 6.28. The van der Waals surface area contributed by atoms with Gasteiger partial charge in [-0.15, -0.1) is 0 Å². The standard InChI is InChI=1S/C14H17NO4/c16-12(15-14(13(17)18)7-4-8-14)10-19-9-11-5-2-1-3-6-11/h1-3,5-6H,4,7-10H2,(H,15,16)(H,17,18). The maximum absolute atomic E-state index is 11.6. The minimum absolute atomic E-state index is 0.121. The molecule has 0 radical (unpaired) electrons. The largest absolute Gasteiger partial charge is 0.480 e. The third-order valence-corrected chi connectivity index (χ3v) is 3.34. The van der Waals surface area contributed by atoms with Gasteiger partial charge in [-0.2, -0.15) is 0 Å². The molecule has 2 N–H and O–H groups in total. The van der Waals surface area contributed by atoms with E-state index in [0.29, 0.717) is 19.4 Å². The zero-order chi connectivity index (χ0) is 13.7. The topological polar surface area (TPSA) is 75.6 Å². The molecule has 19 heavy (non-hydrogen) atoms. The number of carbonyl (C=O) groups is 2. The Kier molecular flexibility index (Phi) is 4.16. The van der Waals surface area contributed by atoms with Gasteiger partial charge in [-0.05, 0) is 24.8 Å². The fourth-order valence-electron chi connectivity index (χ4n) is 2.06. The SMILES string of the molecule is O=C(COCc1ccccc1)NC1(C(=O)O)CCC1. The number of carbonyl (C=O) groups excluding carboxylic acids is 1. The maximum Gasteiger partial charge on any atom is 0.329 e. The van der Waals surface area contributed by atoms with E-state index in [4.69, 9.17) is 9.84 Å². The molecule has 5 nitrogen and oxygen atoms in total. The van der Waals surface area contributed by atoms with E-state index in [1.165, 1.54) is 0 Å². The number of hydrogen-bond acceptors (Lipinski definition) is 3. The summed E-state index contributed by atoms with van der Waals surface area (Å²) in [4.78, 5) is 22.7. The zero-order valence-corrected chi connectivity index (χ0v) is 10.6. The first kappa shape index (κ1) is 13.5. The lowest BCUT2D eigenvalue weighted by Crippen LogP contribution is -2.59. The van der Waals surface area contributed by atoms with Gasteiger partial charge in [0.15, 0.2) is 0 Å². The fraction of sp³-hybridized carbons (Fsp3) is 0.429. The average Bonchev–Trinajstić information content (AvgIpc) is 2.34. The molecule has 1 amide bonds. The number of aliphatic carboxylic acids is 1. The molecule has 1 fully saturated rings. The first-order chi connectivity index (χ1) is 9.12. The van der Waals surface area contributed by atoms with Crippen LogP contribution < -0.4 is 5.32 Å². The zero-order valence-electron chi connectivity index (χ0n) is 10.6. The van der Waals surface area contributed by atoms with Gasteiger partial charge in [0.25, 0.3) is 0 Å². The van der Waals surface area contributed by atoms with Crippen molar-refractivity contribution >= 4 is 11.9 Å². The second-order valence-corrected chi connectivity index (χ2v) is 4.77. The van der Waals surface area contributed by atoms with Crippen molar-refractivity contribution in [2.45, 2.75) is 31.4 Å². The van der Waals surface area contributed by atoms with Gasteiger partial charge in [0.1, 0.15) is 12.1 Å². The Morgan fingerprint density at radius 2 is 1.95 bits per heavy atom. The van der Waals surface area contributed by atoms with Crippen LogP contribution in [-0.2, 0) is 20.9 Å². The monoisotopic (exact) mass is 263 g/mol. The van der Waals surface area contributed by atoms with Crippen LogP contribution in [0.3, 0.4) is 0 Å². The Balaban J connectivity index is 1.74. The van der Waals surface area contributed by atoms with Gasteiger partial charge < -0.3 is 15.2 Å². The van der Waals surface area contributed by atoms with E-state index in [1.54, 1.807) is 0 Å². The van der Waals surface area contributed by atoms with Crippen molar-refractivity contribution in [2.75, 3.05) is 6.61 Å². The predicted molar refractivity (Wildman–Crippen MR) is 68.5 cm³/mol. The average molecular weight is 263 g/mol. The molecule has 0 aromatic heterocycles. The van der Waals surface area contributed by atoms with Crippen molar-refractivity contribution in [2.24, 2.45) is 0 Å². The smallest absolute Gasteiger partial charge is 0.329 e. The Morgan fingerprint density at radius 3 is 2.47 bits per heavy atom. The molecule has 1 aliphatic rings. The summed E-state index contributed by atoms with van der Waals surface area (Å²) in [5.41, 5.74) is -0.0837. The van der Waals surface area contributed by atoms with Crippen LogP contribution in [0.2, 0.25) is 0 Å². The molecule has 0 aliphatic heterocycles.